The Morgan fingerprint density at radius 1 is 1.44 bits per heavy atom. The molecule has 1 aromatic carbocycles. The molecule has 0 saturated heterocycles. The largest absolute Gasteiger partial charge is 0.390 e. The van der Waals surface area contributed by atoms with E-state index in [1.807, 2.05) is 0 Å². The van der Waals surface area contributed by atoms with Crippen LogP contribution in [0.2, 0.25) is 5.02 Å². The number of nitrogens with two attached hydrogens (primary N) is 1. The summed E-state index contributed by atoms with van der Waals surface area (Å²) < 4.78 is 13.3. The molecular weight excluding hydrogens is 275 g/mol. The quantitative estimate of drug-likeness (QED) is 0.845. The van der Waals surface area contributed by atoms with Crippen molar-refractivity contribution in [2.24, 2.45) is 0 Å². The molecule has 18 heavy (non-hydrogen) atoms. The number of anilines is 1. The third-order valence-electron chi connectivity index (χ3n) is 2.94. The second-order valence-corrected chi connectivity index (χ2v) is 5.32. The summed E-state index contributed by atoms with van der Waals surface area (Å²) in [5.74, 6) is -0.603. The number of hydrogen-bond acceptors (Lipinski definition) is 3. The minimum atomic E-state index is -0.470. The van der Waals surface area contributed by atoms with Crippen molar-refractivity contribution in [1.82, 2.24) is 5.32 Å². The molecule has 3 nitrogen and oxygen atoms in total. The standard InChI is InChI=1S/C12H8ClFN2OS/c13-8-2-1-5(14)3-6(8)10-9-7(12(17)16-10)4-18-11(9)15/h1-4,10H,15H2,(H,16,17). The van der Waals surface area contributed by atoms with Gasteiger partial charge in [-0.25, -0.2) is 4.39 Å². The summed E-state index contributed by atoms with van der Waals surface area (Å²) in [4.78, 5) is 11.8. The van der Waals surface area contributed by atoms with E-state index in [9.17, 15) is 9.18 Å². The average Bonchev–Trinajstić information content (AvgIpc) is 2.86. The molecule has 0 radical (unpaired) electrons. The minimum absolute atomic E-state index is 0.205. The summed E-state index contributed by atoms with van der Waals surface area (Å²) >= 11 is 7.35. The Morgan fingerprint density at radius 2 is 2.22 bits per heavy atom. The van der Waals surface area contributed by atoms with Crippen LogP contribution in [-0.2, 0) is 0 Å². The van der Waals surface area contributed by atoms with Crippen LogP contribution in [0, 0.1) is 5.82 Å². The van der Waals surface area contributed by atoms with Gasteiger partial charge in [-0.3, -0.25) is 4.79 Å². The van der Waals surface area contributed by atoms with Crippen LogP contribution < -0.4 is 11.1 Å². The molecule has 1 aromatic heterocycles. The molecule has 2 aromatic rings. The highest BCUT2D eigenvalue weighted by atomic mass is 35.5. The molecule has 0 spiro atoms. The number of nitrogen functional groups attached to an aromatic ring is 1. The van der Waals surface area contributed by atoms with Crippen LogP contribution >= 0.6 is 22.9 Å². The zero-order chi connectivity index (χ0) is 12.9. The number of benzene rings is 1. The van der Waals surface area contributed by atoms with Gasteiger partial charge in [-0.2, -0.15) is 0 Å². The zero-order valence-corrected chi connectivity index (χ0v) is 10.6. The number of carbonyl (C=O) groups excluding carboxylic acids is 1. The van der Waals surface area contributed by atoms with Crippen LogP contribution in [0.25, 0.3) is 0 Å². The number of rotatable bonds is 1. The van der Waals surface area contributed by atoms with E-state index in [2.05, 4.69) is 5.32 Å². The zero-order valence-electron chi connectivity index (χ0n) is 9.04. The van der Waals surface area contributed by atoms with Gasteiger partial charge in [-0.1, -0.05) is 11.6 Å². The van der Waals surface area contributed by atoms with Crippen molar-refractivity contribution in [2.45, 2.75) is 6.04 Å². The van der Waals surface area contributed by atoms with Gasteiger partial charge >= 0.3 is 0 Å². The molecule has 3 N–H and O–H groups in total. The summed E-state index contributed by atoms with van der Waals surface area (Å²) in [7, 11) is 0. The van der Waals surface area contributed by atoms with Crippen LogP contribution in [0.3, 0.4) is 0 Å². The van der Waals surface area contributed by atoms with E-state index in [1.165, 1.54) is 29.5 Å². The minimum Gasteiger partial charge on any atom is -0.390 e. The van der Waals surface area contributed by atoms with Crippen LogP contribution in [0.15, 0.2) is 23.6 Å². The van der Waals surface area contributed by atoms with Crippen molar-refractivity contribution >= 4 is 33.8 Å². The van der Waals surface area contributed by atoms with Crippen LogP contribution in [0.4, 0.5) is 9.39 Å². The Kier molecular flexibility index (Phi) is 2.53. The van der Waals surface area contributed by atoms with Gasteiger partial charge in [-0.15, -0.1) is 11.3 Å². The van der Waals surface area contributed by atoms with E-state index in [1.54, 1.807) is 5.38 Å². The van der Waals surface area contributed by atoms with Gasteiger partial charge in [0.2, 0.25) is 0 Å². The molecule has 1 aliphatic heterocycles. The van der Waals surface area contributed by atoms with E-state index in [0.717, 1.165) is 0 Å². The highest BCUT2D eigenvalue weighted by molar-refractivity contribution is 7.14. The van der Waals surface area contributed by atoms with Crippen molar-refractivity contribution in [3.8, 4) is 0 Å². The average molecular weight is 283 g/mol. The lowest BCUT2D eigenvalue weighted by atomic mass is 10.0. The Morgan fingerprint density at radius 3 is 3.00 bits per heavy atom. The first-order valence-corrected chi connectivity index (χ1v) is 6.46. The van der Waals surface area contributed by atoms with Crippen LogP contribution in [-0.4, -0.2) is 5.91 Å². The van der Waals surface area contributed by atoms with E-state index >= 15 is 0 Å². The number of carbonyl (C=O) groups is 1. The topological polar surface area (TPSA) is 55.1 Å². The maximum absolute atomic E-state index is 13.3. The lowest BCUT2D eigenvalue weighted by Crippen LogP contribution is -2.20. The Bertz CT molecular complexity index is 656. The SMILES string of the molecule is Nc1scc2c1C(c1cc(F)ccc1Cl)NC2=O. The van der Waals surface area contributed by atoms with E-state index in [0.29, 0.717) is 26.7 Å². The van der Waals surface area contributed by atoms with Gasteiger partial charge in [0, 0.05) is 21.5 Å². The normalized spacial score (nSPS) is 17.7. The molecule has 3 rings (SSSR count). The second-order valence-electron chi connectivity index (χ2n) is 4.00. The summed E-state index contributed by atoms with van der Waals surface area (Å²) in [6.07, 6.45) is 0. The molecule has 0 saturated carbocycles. The number of halogens is 2. The molecule has 92 valence electrons. The third kappa shape index (κ3) is 1.59. The van der Waals surface area contributed by atoms with Crippen molar-refractivity contribution < 1.29 is 9.18 Å². The van der Waals surface area contributed by atoms with Crippen LogP contribution in [0.5, 0.6) is 0 Å². The molecule has 0 bridgehead atoms. The first-order valence-electron chi connectivity index (χ1n) is 5.20. The predicted octanol–water partition coefficient (Wildman–Crippen LogP) is 2.96. The maximum atomic E-state index is 13.3. The smallest absolute Gasteiger partial charge is 0.253 e. The van der Waals surface area contributed by atoms with Crippen molar-refractivity contribution in [2.75, 3.05) is 5.73 Å². The van der Waals surface area contributed by atoms with Gasteiger partial charge in [0.1, 0.15) is 5.82 Å². The fraction of sp³-hybridized carbons (Fsp3) is 0.0833. The van der Waals surface area contributed by atoms with E-state index in [4.69, 9.17) is 17.3 Å². The summed E-state index contributed by atoms with van der Waals surface area (Å²) in [6.45, 7) is 0. The Balaban J connectivity index is 2.17. The summed E-state index contributed by atoms with van der Waals surface area (Å²) in [5.41, 5.74) is 7.62. The van der Waals surface area contributed by atoms with E-state index < -0.39 is 11.9 Å². The predicted molar refractivity (Wildman–Crippen MR) is 69.5 cm³/mol. The molecule has 0 aliphatic carbocycles. The second kappa shape index (κ2) is 3.96. The Labute approximate surface area is 111 Å². The number of amides is 1. The number of nitrogens with one attached hydrogen (secondary N) is 1. The molecule has 1 aliphatic rings. The van der Waals surface area contributed by atoms with Crippen molar-refractivity contribution in [3.05, 3.63) is 51.1 Å². The lowest BCUT2D eigenvalue weighted by molar-refractivity contribution is 0.0960. The monoisotopic (exact) mass is 282 g/mol. The van der Waals surface area contributed by atoms with Gasteiger partial charge < -0.3 is 11.1 Å². The molecule has 1 amide bonds. The fourth-order valence-corrected chi connectivity index (χ4v) is 3.17. The van der Waals surface area contributed by atoms with Crippen molar-refractivity contribution in [1.29, 1.82) is 0 Å². The number of thiophene rings is 1. The van der Waals surface area contributed by atoms with Gasteiger partial charge in [-0.05, 0) is 18.2 Å². The highest BCUT2D eigenvalue weighted by Gasteiger charge is 2.34. The first kappa shape index (κ1) is 11.5. The molecular formula is C12H8ClFN2OS. The highest BCUT2D eigenvalue weighted by Crippen LogP contribution is 2.41. The van der Waals surface area contributed by atoms with Gasteiger partial charge in [0.15, 0.2) is 0 Å². The van der Waals surface area contributed by atoms with Crippen LogP contribution in [0.1, 0.15) is 27.5 Å². The summed E-state index contributed by atoms with van der Waals surface area (Å²) in [6, 6.07) is 3.60. The van der Waals surface area contributed by atoms with Gasteiger partial charge in [0.25, 0.3) is 5.91 Å². The fourth-order valence-electron chi connectivity index (χ4n) is 2.11. The van der Waals surface area contributed by atoms with Gasteiger partial charge in [0.05, 0.1) is 16.6 Å². The summed E-state index contributed by atoms with van der Waals surface area (Å²) in [5, 5.41) is 5.42. The first-order chi connectivity index (χ1) is 8.58. The lowest BCUT2D eigenvalue weighted by Gasteiger charge is -2.14. The molecule has 2 heterocycles. The number of fused-ring (bicyclic) bond motifs is 1. The molecule has 0 fully saturated rings. The van der Waals surface area contributed by atoms with Crippen molar-refractivity contribution in [3.63, 3.8) is 0 Å². The third-order valence-corrected chi connectivity index (χ3v) is 4.11. The van der Waals surface area contributed by atoms with E-state index in [-0.39, 0.29) is 5.91 Å². The number of hydrogen-bond donors (Lipinski definition) is 2. The maximum Gasteiger partial charge on any atom is 0.253 e. The molecule has 6 heteroatoms. The Hall–Kier alpha value is -1.59. The molecule has 1 unspecified atom stereocenters. The molecule has 1 atom stereocenters.